The summed E-state index contributed by atoms with van der Waals surface area (Å²) in [6.45, 7) is 2.76. The van der Waals surface area contributed by atoms with Crippen molar-refractivity contribution in [2.45, 2.75) is 29.5 Å². The summed E-state index contributed by atoms with van der Waals surface area (Å²) in [6, 6.07) is 15.3. The van der Waals surface area contributed by atoms with E-state index in [4.69, 9.17) is 9.47 Å². The van der Waals surface area contributed by atoms with Gasteiger partial charge in [-0.15, -0.1) is 0 Å². The molecule has 2 amide bonds. The Labute approximate surface area is 163 Å². The van der Waals surface area contributed by atoms with Crippen molar-refractivity contribution in [1.82, 2.24) is 0 Å². The molecular weight excluding hydrogens is 362 g/mol. The SMILES string of the molecule is CCC1(Sc2ccccc2)C[N+](C=O)(Cc2ccc(OC)cc2OC)C1=O. The van der Waals surface area contributed by atoms with Crippen LogP contribution in [0.15, 0.2) is 53.4 Å². The Balaban J connectivity index is 1.85. The summed E-state index contributed by atoms with van der Waals surface area (Å²) >= 11 is 1.55. The molecule has 142 valence electrons. The number of amides is 2. The lowest BCUT2D eigenvalue weighted by molar-refractivity contribution is -0.815. The van der Waals surface area contributed by atoms with E-state index in [1.54, 1.807) is 32.0 Å². The molecule has 0 radical (unpaired) electrons. The van der Waals surface area contributed by atoms with Crippen LogP contribution < -0.4 is 9.47 Å². The van der Waals surface area contributed by atoms with Gasteiger partial charge in [-0.05, 0) is 30.7 Å². The molecule has 6 heteroatoms. The molecule has 0 N–H and O–H groups in total. The van der Waals surface area contributed by atoms with Crippen LogP contribution in [0, 0.1) is 0 Å². The van der Waals surface area contributed by atoms with E-state index in [-0.39, 0.29) is 16.9 Å². The Hall–Kier alpha value is -2.31. The number of imide groups is 1. The van der Waals surface area contributed by atoms with Gasteiger partial charge in [0, 0.05) is 16.5 Å². The fourth-order valence-corrected chi connectivity index (χ4v) is 5.02. The van der Waals surface area contributed by atoms with Crippen LogP contribution in [0.4, 0.5) is 0 Å². The van der Waals surface area contributed by atoms with Crippen LogP contribution >= 0.6 is 11.8 Å². The number of rotatable bonds is 8. The van der Waals surface area contributed by atoms with Crippen molar-refractivity contribution in [3.8, 4) is 11.5 Å². The molecule has 2 atom stereocenters. The Kier molecular flexibility index (Phi) is 5.58. The average Bonchev–Trinajstić information content (AvgIpc) is 2.72. The van der Waals surface area contributed by atoms with Gasteiger partial charge in [-0.2, -0.15) is 4.48 Å². The maximum atomic E-state index is 13.3. The van der Waals surface area contributed by atoms with Crippen molar-refractivity contribution >= 4 is 24.1 Å². The molecule has 2 aromatic carbocycles. The quantitative estimate of drug-likeness (QED) is 0.394. The summed E-state index contributed by atoms with van der Waals surface area (Å²) in [5.74, 6) is 1.24. The minimum Gasteiger partial charge on any atom is -0.497 e. The van der Waals surface area contributed by atoms with Gasteiger partial charge in [-0.25, -0.2) is 9.59 Å². The van der Waals surface area contributed by atoms with Crippen LogP contribution in [0.1, 0.15) is 18.9 Å². The highest BCUT2D eigenvalue weighted by atomic mass is 32.2. The molecule has 0 aromatic heterocycles. The van der Waals surface area contributed by atoms with Crippen LogP contribution in [0.5, 0.6) is 11.5 Å². The second-order valence-corrected chi connectivity index (χ2v) is 8.16. The van der Waals surface area contributed by atoms with Crippen LogP contribution in [0.25, 0.3) is 0 Å². The summed E-state index contributed by atoms with van der Waals surface area (Å²) in [5.41, 5.74) is 0.813. The maximum Gasteiger partial charge on any atom is 0.343 e. The number of thioether (sulfide) groups is 1. The zero-order valence-corrected chi connectivity index (χ0v) is 16.6. The van der Waals surface area contributed by atoms with Crippen LogP contribution in [-0.4, -0.2) is 42.3 Å². The van der Waals surface area contributed by atoms with Gasteiger partial charge in [0.1, 0.15) is 24.6 Å². The lowest BCUT2D eigenvalue weighted by Gasteiger charge is -2.49. The van der Waals surface area contributed by atoms with Crippen LogP contribution in [0.3, 0.4) is 0 Å². The van der Waals surface area contributed by atoms with E-state index in [9.17, 15) is 9.59 Å². The molecule has 3 rings (SSSR count). The average molecular weight is 386 g/mol. The number of nitrogens with zero attached hydrogens (tertiary/aromatic N) is 1. The van der Waals surface area contributed by atoms with Gasteiger partial charge in [-0.3, -0.25) is 0 Å². The summed E-state index contributed by atoms with van der Waals surface area (Å²) in [5, 5.41) is 0. The number of hydrogen-bond donors (Lipinski definition) is 0. The van der Waals surface area contributed by atoms with Crippen molar-refractivity contribution < 1.29 is 23.5 Å². The molecule has 1 fully saturated rings. The van der Waals surface area contributed by atoms with Crippen molar-refractivity contribution in [3.05, 3.63) is 54.1 Å². The van der Waals surface area contributed by atoms with Gasteiger partial charge in [-0.1, -0.05) is 36.9 Å². The predicted octanol–water partition coefficient (Wildman–Crippen LogP) is 3.66. The Bertz CT molecular complexity index is 841. The third-order valence-electron chi connectivity index (χ3n) is 5.11. The number of β-lactam (4-membered cyclic amide) rings is 1. The van der Waals surface area contributed by atoms with E-state index in [0.717, 1.165) is 16.9 Å². The summed E-state index contributed by atoms with van der Waals surface area (Å²) in [7, 11) is 3.16. The van der Waals surface area contributed by atoms with Gasteiger partial charge < -0.3 is 9.47 Å². The number of quaternary nitrogens is 1. The van der Waals surface area contributed by atoms with Crippen molar-refractivity contribution in [1.29, 1.82) is 0 Å². The first-order valence-corrected chi connectivity index (χ1v) is 9.67. The predicted molar refractivity (Wildman–Crippen MR) is 105 cm³/mol. The van der Waals surface area contributed by atoms with Gasteiger partial charge in [0.2, 0.25) is 0 Å². The number of carbonyl (C=O) groups excluding carboxylic acids is 2. The monoisotopic (exact) mass is 386 g/mol. The van der Waals surface area contributed by atoms with Crippen molar-refractivity contribution in [2.75, 3.05) is 20.8 Å². The molecule has 2 aromatic rings. The van der Waals surface area contributed by atoms with Crippen LogP contribution in [-0.2, 0) is 16.1 Å². The Morgan fingerprint density at radius 2 is 1.89 bits per heavy atom. The Morgan fingerprint density at radius 1 is 1.15 bits per heavy atom. The normalized spacial score (nSPS) is 24.2. The van der Waals surface area contributed by atoms with E-state index in [2.05, 4.69) is 0 Å². The fraction of sp³-hybridized carbons (Fsp3) is 0.333. The van der Waals surface area contributed by atoms with Gasteiger partial charge in [0.05, 0.1) is 14.2 Å². The van der Waals surface area contributed by atoms with E-state index in [0.29, 0.717) is 24.5 Å². The minimum absolute atomic E-state index is 0.0493. The first-order chi connectivity index (χ1) is 13.0. The first kappa shape index (κ1) is 19.5. The number of carbonyl (C=O) groups is 2. The van der Waals surface area contributed by atoms with E-state index < -0.39 is 4.75 Å². The second-order valence-electron chi connectivity index (χ2n) is 6.70. The largest absolute Gasteiger partial charge is 0.497 e. The number of ether oxygens (including phenoxy) is 2. The smallest absolute Gasteiger partial charge is 0.343 e. The van der Waals surface area contributed by atoms with E-state index in [1.807, 2.05) is 49.4 Å². The molecule has 5 nitrogen and oxygen atoms in total. The highest BCUT2D eigenvalue weighted by Gasteiger charge is 2.66. The highest BCUT2D eigenvalue weighted by Crippen LogP contribution is 2.48. The summed E-state index contributed by atoms with van der Waals surface area (Å²) < 4.78 is 9.88. The standard InChI is InChI=1S/C21H24NO4S/c1-4-21(27-18-8-6-5-7-9-18)14-22(15-23,20(21)24)13-16-10-11-17(25-2)12-19(16)26-3/h5-12,15H,4,13-14H2,1-3H3/q+1. The highest BCUT2D eigenvalue weighted by molar-refractivity contribution is 8.01. The van der Waals surface area contributed by atoms with Crippen molar-refractivity contribution in [2.24, 2.45) is 0 Å². The van der Waals surface area contributed by atoms with Crippen LogP contribution in [0.2, 0.25) is 0 Å². The molecule has 27 heavy (non-hydrogen) atoms. The van der Waals surface area contributed by atoms with Gasteiger partial charge in [0.25, 0.3) is 0 Å². The van der Waals surface area contributed by atoms with Crippen molar-refractivity contribution in [3.63, 3.8) is 0 Å². The maximum absolute atomic E-state index is 13.3. The lowest BCUT2D eigenvalue weighted by atomic mass is 9.90. The zero-order valence-electron chi connectivity index (χ0n) is 15.8. The van der Waals surface area contributed by atoms with Gasteiger partial charge >= 0.3 is 12.3 Å². The number of benzene rings is 2. The third kappa shape index (κ3) is 3.47. The molecule has 0 spiro atoms. The molecule has 1 aliphatic heterocycles. The Morgan fingerprint density at radius 3 is 2.44 bits per heavy atom. The minimum atomic E-state index is -0.567. The summed E-state index contributed by atoms with van der Waals surface area (Å²) in [6.07, 6.45) is 1.45. The zero-order chi connectivity index (χ0) is 19.5. The number of methoxy groups -OCH3 is 2. The topological polar surface area (TPSA) is 52.6 Å². The molecule has 0 bridgehead atoms. The molecular formula is C21H24NO4S+. The molecule has 0 aliphatic carbocycles. The third-order valence-corrected chi connectivity index (χ3v) is 6.60. The fourth-order valence-electron chi connectivity index (χ4n) is 3.57. The molecule has 1 heterocycles. The number of likely N-dealkylation sites (tertiary alicyclic amines) is 1. The number of hydrogen-bond acceptors (Lipinski definition) is 5. The molecule has 0 saturated carbocycles. The molecule has 1 saturated heterocycles. The van der Waals surface area contributed by atoms with E-state index in [1.165, 1.54) is 0 Å². The first-order valence-electron chi connectivity index (χ1n) is 8.85. The van der Waals surface area contributed by atoms with E-state index >= 15 is 0 Å². The second kappa shape index (κ2) is 7.74. The molecule has 1 aliphatic rings. The van der Waals surface area contributed by atoms with Gasteiger partial charge in [0.15, 0.2) is 4.75 Å². The summed E-state index contributed by atoms with van der Waals surface area (Å²) in [4.78, 5) is 26.3. The molecule has 2 unspecified atom stereocenters. The lowest BCUT2D eigenvalue weighted by Crippen LogP contribution is -2.75.